The number of nitrogens with one attached hydrogen (secondary N) is 1. The van der Waals surface area contributed by atoms with Crippen molar-refractivity contribution in [3.05, 3.63) is 91.8 Å². The summed E-state index contributed by atoms with van der Waals surface area (Å²) in [4.78, 5) is 39.2. The van der Waals surface area contributed by atoms with Crippen molar-refractivity contribution in [2.45, 2.75) is 13.5 Å². The summed E-state index contributed by atoms with van der Waals surface area (Å²) in [5.41, 5.74) is 2.98. The molecule has 7 nitrogen and oxygen atoms in total. The summed E-state index contributed by atoms with van der Waals surface area (Å²) < 4.78 is 12.0. The Morgan fingerprint density at radius 1 is 1.08 bits per heavy atom. The van der Waals surface area contributed by atoms with E-state index in [0.717, 1.165) is 27.4 Å². The molecule has 1 N–H and O–H groups in total. The average molecular weight is 602 g/mol. The number of benzene rings is 3. The highest BCUT2D eigenvalue weighted by Gasteiger charge is 2.35. The van der Waals surface area contributed by atoms with E-state index < -0.39 is 0 Å². The highest BCUT2D eigenvalue weighted by Crippen LogP contribution is 2.35. The first-order chi connectivity index (χ1) is 17.7. The van der Waals surface area contributed by atoms with Gasteiger partial charge in [0.05, 0.1) is 18.6 Å². The van der Waals surface area contributed by atoms with Crippen molar-refractivity contribution in [3.63, 3.8) is 0 Å². The molecule has 3 amide bonds. The molecular formula is C27H22BrClN2O5S. The third-order valence-corrected chi connectivity index (χ3v) is 7.27. The SMILES string of the molecule is COc1cc(/C=C2\SC(=O)N(Cc3ccc(Br)cc3)C2=O)ccc1OCC(=O)Nc1ccc(C)c(Cl)c1. The minimum Gasteiger partial charge on any atom is -0.493 e. The van der Waals surface area contributed by atoms with Crippen LogP contribution < -0.4 is 14.8 Å². The summed E-state index contributed by atoms with van der Waals surface area (Å²) in [5.74, 6) is 0.0321. The van der Waals surface area contributed by atoms with E-state index in [0.29, 0.717) is 32.7 Å². The minimum absolute atomic E-state index is 0.197. The van der Waals surface area contributed by atoms with Crippen LogP contribution in [0.3, 0.4) is 0 Å². The Bertz CT molecular complexity index is 1390. The number of methoxy groups -OCH3 is 1. The summed E-state index contributed by atoms with van der Waals surface area (Å²) >= 11 is 10.4. The lowest BCUT2D eigenvalue weighted by atomic mass is 10.1. The van der Waals surface area contributed by atoms with Gasteiger partial charge in [0.2, 0.25) is 0 Å². The van der Waals surface area contributed by atoms with E-state index in [2.05, 4.69) is 21.2 Å². The fraction of sp³-hybridized carbons (Fsp3) is 0.148. The Hall–Kier alpha value is -3.27. The van der Waals surface area contributed by atoms with Crippen molar-refractivity contribution < 1.29 is 23.9 Å². The van der Waals surface area contributed by atoms with E-state index in [-0.39, 0.29) is 30.2 Å². The summed E-state index contributed by atoms with van der Waals surface area (Å²) in [5, 5.41) is 2.96. The molecule has 10 heteroatoms. The molecule has 1 fully saturated rings. The van der Waals surface area contributed by atoms with Gasteiger partial charge in [-0.1, -0.05) is 51.8 Å². The molecule has 0 unspecified atom stereocenters. The van der Waals surface area contributed by atoms with E-state index in [4.69, 9.17) is 21.1 Å². The highest BCUT2D eigenvalue weighted by molar-refractivity contribution is 9.10. The molecule has 0 bridgehead atoms. The van der Waals surface area contributed by atoms with E-state index in [1.807, 2.05) is 37.3 Å². The molecule has 0 spiro atoms. The molecule has 0 aromatic heterocycles. The van der Waals surface area contributed by atoms with Crippen LogP contribution in [0.25, 0.3) is 6.08 Å². The Morgan fingerprint density at radius 2 is 1.84 bits per heavy atom. The smallest absolute Gasteiger partial charge is 0.293 e. The van der Waals surface area contributed by atoms with Crippen molar-refractivity contribution in [1.29, 1.82) is 0 Å². The molecular weight excluding hydrogens is 580 g/mol. The van der Waals surface area contributed by atoms with Gasteiger partial charge in [-0.2, -0.15) is 0 Å². The third-order valence-electron chi connectivity index (χ3n) is 5.43. The zero-order valence-corrected chi connectivity index (χ0v) is 23.1. The number of thioether (sulfide) groups is 1. The first-order valence-electron chi connectivity index (χ1n) is 11.1. The number of halogens is 2. The molecule has 1 aliphatic rings. The lowest BCUT2D eigenvalue weighted by Crippen LogP contribution is -2.27. The molecule has 0 saturated carbocycles. The van der Waals surface area contributed by atoms with E-state index in [1.54, 1.807) is 36.4 Å². The summed E-state index contributed by atoms with van der Waals surface area (Å²) in [6.07, 6.45) is 1.63. The number of amides is 3. The Balaban J connectivity index is 1.41. The number of imide groups is 1. The maximum absolute atomic E-state index is 12.9. The van der Waals surface area contributed by atoms with Gasteiger partial charge in [-0.3, -0.25) is 19.3 Å². The largest absolute Gasteiger partial charge is 0.493 e. The van der Waals surface area contributed by atoms with Crippen molar-refractivity contribution in [2.24, 2.45) is 0 Å². The van der Waals surface area contributed by atoms with Crippen LogP contribution in [0.4, 0.5) is 10.5 Å². The molecule has 1 heterocycles. The number of anilines is 1. The Labute approximate surface area is 231 Å². The third kappa shape index (κ3) is 6.74. The van der Waals surface area contributed by atoms with Gasteiger partial charge in [0.1, 0.15) is 0 Å². The highest BCUT2D eigenvalue weighted by atomic mass is 79.9. The molecule has 1 aliphatic heterocycles. The summed E-state index contributed by atoms with van der Waals surface area (Å²) in [6.45, 7) is 1.83. The van der Waals surface area contributed by atoms with Gasteiger partial charge in [0.15, 0.2) is 18.1 Å². The molecule has 3 aromatic carbocycles. The number of hydrogen-bond acceptors (Lipinski definition) is 6. The molecule has 190 valence electrons. The molecule has 0 radical (unpaired) electrons. The maximum Gasteiger partial charge on any atom is 0.293 e. The number of aryl methyl sites for hydroxylation is 1. The second kappa shape index (κ2) is 11.9. The fourth-order valence-corrected chi connectivity index (χ4v) is 4.75. The van der Waals surface area contributed by atoms with Crippen LogP contribution in [0.5, 0.6) is 11.5 Å². The first-order valence-corrected chi connectivity index (χ1v) is 13.1. The fourth-order valence-electron chi connectivity index (χ4n) is 3.46. The van der Waals surface area contributed by atoms with Gasteiger partial charge in [0.25, 0.3) is 17.1 Å². The second-order valence-electron chi connectivity index (χ2n) is 8.11. The van der Waals surface area contributed by atoms with Crippen molar-refractivity contribution in [3.8, 4) is 11.5 Å². The molecule has 0 atom stereocenters. The van der Waals surface area contributed by atoms with Gasteiger partial charge in [-0.15, -0.1) is 0 Å². The summed E-state index contributed by atoms with van der Waals surface area (Å²) in [7, 11) is 1.48. The number of rotatable bonds is 8. The quantitative estimate of drug-likeness (QED) is 0.290. The van der Waals surface area contributed by atoms with Gasteiger partial charge < -0.3 is 14.8 Å². The van der Waals surface area contributed by atoms with Crippen molar-refractivity contribution in [1.82, 2.24) is 4.90 Å². The topological polar surface area (TPSA) is 84.9 Å². The first kappa shape index (κ1) is 26.8. The van der Waals surface area contributed by atoms with E-state index in [1.165, 1.54) is 12.0 Å². The lowest BCUT2D eigenvalue weighted by molar-refractivity contribution is -0.123. The van der Waals surface area contributed by atoms with Crippen LogP contribution in [0, 0.1) is 6.92 Å². The van der Waals surface area contributed by atoms with Crippen LogP contribution in [-0.2, 0) is 16.1 Å². The van der Waals surface area contributed by atoms with Gasteiger partial charge in [0, 0.05) is 15.2 Å². The predicted octanol–water partition coefficient (Wildman–Crippen LogP) is 6.67. The number of carbonyl (C=O) groups is 3. The van der Waals surface area contributed by atoms with Gasteiger partial charge in [-0.05, 0) is 77.9 Å². The van der Waals surface area contributed by atoms with Crippen LogP contribution in [0.2, 0.25) is 5.02 Å². The van der Waals surface area contributed by atoms with Crippen LogP contribution in [0.15, 0.2) is 70.0 Å². The van der Waals surface area contributed by atoms with Crippen LogP contribution in [-0.4, -0.2) is 35.7 Å². The Morgan fingerprint density at radius 3 is 2.54 bits per heavy atom. The Kier molecular flexibility index (Phi) is 8.58. The van der Waals surface area contributed by atoms with E-state index in [9.17, 15) is 14.4 Å². The number of ether oxygens (including phenoxy) is 2. The summed E-state index contributed by atoms with van der Waals surface area (Å²) in [6, 6.07) is 17.7. The predicted molar refractivity (Wildman–Crippen MR) is 149 cm³/mol. The number of hydrogen-bond donors (Lipinski definition) is 1. The zero-order valence-electron chi connectivity index (χ0n) is 19.9. The lowest BCUT2D eigenvalue weighted by Gasteiger charge is -2.13. The number of nitrogens with zero attached hydrogens (tertiary/aromatic N) is 1. The molecule has 3 aromatic rings. The van der Waals surface area contributed by atoms with E-state index >= 15 is 0 Å². The zero-order chi connectivity index (χ0) is 26.5. The second-order valence-corrected chi connectivity index (χ2v) is 10.4. The monoisotopic (exact) mass is 600 g/mol. The molecule has 37 heavy (non-hydrogen) atoms. The molecule has 4 rings (SSSR count). The normalized spacial score (nSPS) is 14.3. The van der Waals surface area contributed by atoms with Crippen molar-refractivity contribution in [2.75, 3.05) is 19.0 Å². The molecule has 1 saturated heterocycles. The van der Waals surface area contributed by atoms with Crippen LogP contribution in [0.1, 0.15) is 16.7 Å². The maximum atomic E-state index is 12.9. The standard InChI is InChI=1S/C27H22BrClN2O5S/c1-16-3-9-20(13-21(16)29)30-25(32)15-36-22-10-6-18(11-23(22)35-2)12-24-26(33)31(27(34)37-24)14-17-4-7-19(28)8-5-17/h3-13H,14-15H2,1-2H3,(H,30,32)/b24-12-. The number of carbonyl (C=O) groups excluding carboxylic acids is 3. The molecule has 0 aliphatic carbocycles. The van der Waals surface area contributed by atoms with Gasteiger partial charge >= 0.3 is 0 Å². The minimum atomic E-state index is -0.356. The van der Waals surface area contributed by atoms with Crippen LogP contribution >= 0.6 is 39.3 Å². The average Bonchev–Trinajstić information content (AvgIpc) is 3.13. The van der Waals surface area contributed by atoms with Gasteiger partial charge in [-0.25, -0.2) is 0 Å². The van der Waals surface area contributed by atoms with Crippen molar-refractivity contribution >= 4 is 68.1 Å².